The van der Waals surface area contributed by atoms with Crippen LogP contribution >= 0.6 is 15.9 Å². The van der Waals surface area contributed by atoms with E-state index in [2.05, 4.69) is 21.0 Å². The molecule has 0 saturated carbocycles. The molecule has 2 aromatic rings. The third-order valence-electron chi connectivity index (χ3n) is 3.16. The number of Topliss-reactive ketones (excluding diaryl/α,β-unsaturated/α-hetero) is 1. The number of carbonyl (C=O) groups is 1. The van der Waals surface area contributed by atoms with Crippen molar-refractivity contribution in [3.8, 4) is 0 Å². The topological polar surface area (TPSA) is 74.0 Å². The van der Waals surface area contributed by atoms with Crippen LogP contribution < -0.4 is 5.73 Å². The summed E-state index contributed by atoms with van der Waals surface area (Å²) in [5.41, 5.74) is 7.34. The zero-order valence-electron chi connectivity index (χ0n) is 11.6. The molecule has 0 unspecified atom stereocenters. The summed E-state index contributed by atoms with van der Waals surface area (Å²) in [6.45, 7) is 5.07. The number of aromatic nitrogens is 2. The molecule has 0 spiro atoms. The molecule has 0 radical (unpaired) electrons. The van der Waals surface area contributed by atoms with Crippen molar-refractivity contribution in [3.05, 3.63) is 39.5 Å². The molecular formula is C14H18BrN3O2. The highest BCUT2D eigenvalue weighted by Gasteiger charge is 2.19. The van der Waals surface area contributed by atoms with Gasteiger partial charge >= 0.3 is 0 Å². The fourth-order valence-corrected chi connectivity index (χ4v) is 2.77. The number of aryl methyl sites for hydroxylation is 2. The first kappa shape index (κ1) is 15.0. The van der Waals surface area contributed by atoms with E-state index in [0.717, 1.165) is 28.8 Å². The standard InChI is InChI=1S/C14H18BrN3O2/c1-3-10-14(15)11(18(4-2)17-10)7-12(19)13-6-5-9(8-16)20-13/h5-6H,3-4,7-8,16H2,1-2H3. The van der Waals surface area contributed by atoms with E-state index in [0.29, 0.717) is 18.1 Å². The van der Waals surface area contributed by atoms with E-state index in [9.17, 15) is 4.79 Å². The highest BCUT2D eigenvalue weighted by Crippen LogP contribution is 2.24. The van der Waals surface area contributed by atoms with Crippen LogP contribution in [0.5, 0.6) is 0 Å². The van der Waals surface area contributed by atoms with Crippen molar-refractivity contribution in [3.63, 3.8) is 0 Å². The summed E-state index contributed by atoms with van der Waals surface area (Å²) in [5.74, 6) is 0.896. The molecular weight excluding hydrogens is 322 g/mol. The molecule has 2 N–H and O–H groups in total. The Balaban J connectivity index is 2.25. The lowest BCUT2D eigenvalue weighted by Gasteiger charge is -2.03. The quantitative estimate of drug-likeness (QED) is 0.821. The molecule has 0 amide bonds. The predicted octanol–water partition coefficient (Wildman–Crippen LogP) is 2.71. The van der Waals surface area contributed by atoms with Gasteiger partial charge < -0.3 is 10.2 Å². The van der Waals surface area contributed by atoms with Crippen LogP contribution in [0.1, 0.15) is 41.6 Å². The first-order valence-corrected chi connectivity index (χ1v) is 7.46. The maximum absolute atomic E-state index is 12.3. The molecule has 2 heterocycles. The van der Waals surface area contributed by atoms with Crippen LogP contribution in [0.3, 0.4) is 0 Å². The second-order valence-corrected chi connectivity index (χ2v) is 5.24. The van der Waals surface area contributed by atoms with Crippen LogP contribution in [0.25, 0.3) is 0 Å². The van der Waals surface area contributed by atoms with Gasteiger partial charge in [0.2, 0.25) is 5.78 Å². The molecule has 0 aliphatic heterocycles. The monoisotopic (exact) mass is 339 g/mol. The Kier molecular flexibility index (Phi) is 4.77. The average Bonchev–Trinajstić information content (AvgIpc) is 3.05. The summed E-state index contributed by atoms with van der Waals surface area (Å²) in [6.07, 6.45) is 1.09. The number of carbonyl (C=O) groups excluding carboxylic acids is 1. The minimum atomic E-state index is -0.0670. The van der Waals surface area contributed by atoms with E-state index >= 15 is 0 Å². The van der Waals surface area contributed by atoms with Crippen LogP contribution in [0.4, 0.5) is 0 Å². The average molecular weight is 340 g/mol. The molecule has 0 aliphatic rings. The van der Waals surface area contributed by atoms with Crippen molar-refractivity contribution < 1.29 is 9.21 Å². The number of furan rings is 1. The van der Waals surface area contributed by atoms with Gasteiger partial charge in [0.15, 0.2) is 5.76 Å². The van der Waals surface area contributed by atoms with E-state index in [-0.39, 0.29) is 12.2 Å². The van der Waals surface area contributed by atoms with Gasteiger partial charge in [-0.15, -0.1) is 0 Å². The maximum atomic E-state index is 12.3. The molecule has 0 saturated heterocycles. The van der Waals surface area contributed by atoms with E-state index in [1.165, 1.54) is 0 Å². The van der Waals surface area contributed by atoms with Gasteiger partial charge in [-0.3, -0.25) is 9.48 Å². The number of halogens is 1. The second kappa shape index (κ2) is 6.37. The molecule has 2 rings (SSSR count). The third-order valence-corrected chi connectivity index (χ3v) is 4.08. The summed E-state index contributed by atoms with van der Waals surface area (Å²) in [7, 11) is 0. The fourth-order valence-electron chi connectivity index (χ4n) is 2.06. The smallest absolute Gasteiger partial charge is 0.203 e. The van der Waals surface area contributed by atoms with Crippen LogP contribution in [-0.2, 0) is 25.9 Å². The van der Waals surface area contributed by atoms with Gasteiger partial charge in [0.1, 0.15) is 5.76 Å². The SMILES string of the molecule is CCc1nn(CC)c(CC(=O)c2ccc(CN)o2)c1Br. The molecule has 20 heavy (non-hydrogen) atoms. The van der Waals surface area contributed by atoms with Crippen molar-refractivity contribution in [1.82, 2.24) is 9.78 Å². The number of hydrogen-bond donors (Lipinski definition) is 1. The maximum Gasteiger partial charge on any atom is 0.203 e. The molecule has 5 nitrogen and oxygen atoms in total. The normalized spacial score (nSPS) is 11.0. The summed E-state index contributed by atoms with van der Waals surface area (Å²) in [4.78, 5) is 12.3. The number of nitrogens with zero attached hydrogens (tertiary/aromatic N) is 2. The Morgan fingerprint density at radius 2 is 2.20 bits per heavy atom. The molecule has 0 fully saturated rings. The highest BCUT2D eigenvalue weighted by atomic mass is 79.9. The van der Waals surface area contributed by atoms with Crippen molar-refractivity contribution in [2.24, 2.45) is 5.73 Å². The lowest BCUT2D eigenvalue weighted by Crippen LogP contribution is -2.09. The molecule has 6 heteroatoms. The number of ketones is 1. The van der Waals surface area contributed by atoms with Gasteiger partial charge in [-0.05, 0) is 41.4 Å². The Labute approximate surface area is 126 Å². The van der Waals surface area contributed by atoms with E-state index in [4.69, 9.17) is 10.2 Å². The number of hydrogen-bond acceptors (Lipinski definition) is 4. The third kappa shape index (κ3) is 2.86. The second-order valence-electron chi connectivity index (χ2n) is 4.45. The number of nitrogens with two attached hydrogens (primary N) is 1. The molecule has 0 atom stereocenters. The van der Waals surface area contributed by atoms with Crippen molar-refractivity contribution in [2.75, 3.05) is 0 Å². The van der Waals surface area contributed by atoms with E-state index in [1.54, 1.807) is 12.1 Å². The molecule has 0 aliphatic carbocycles. The van der Waals surface area contributed by atoms with Crippen molar-refractivity contribution >= 4 is 21.7 Å². The van der Waals surface area contributed by atoms with Gasteiger partial charge in [-0.25, -0.2) is 0 Å². The van der Waals surface area contributed by atoms with Crippen LogP contribution in [0, 0.1) is 0 Å². The Morgan fingerprint density at radius 3 is 2.75 bits per heavy atom. The van der Waals surface area contributed by atoms with Crippen molar-refractivity contribution in [1.29, 1.82) is 0 Å². The lowest BCUT2D eigenvalue weighted by molar-refractivity contribution is 0.0962. The minimum absolute atomic E-state index is 0.0670. The largest absolute Gasteiger partial charge is 0.457 e. The summed E-state index contributed by atoms with van der Waals surface area (Å²) >= 11 is 3.54. The first-order valence-electron chi connectivity index (χ1n) is 6.66. The summed E-state index contributed by atoms with van der Waals surface area (Å²) < 4.78 is 8.17. The van der Waals surface area contributed by atoms with Gasteiger partial charge in [0.25, 0.3) is 0 Å². The van der Waals surface area contributed by atoms with E-state index < -0.39 is 0 Å². The summed E-state index contributed by atoms with van der Waals surface area (Å²) in [6, 6.07) is 3.41. The zero-order valence-corrected chi connectivity index (χ0v) is 13.2. The van der Waals surface area contributed by atoms with Crippen LogP contribution in [0.2, 0.25) is 0 Å². The summed E-state index contributed by atoms with van der Waals surface area (Å²) in [5, 5.41) is 4.48. The van der Waals surface area contributed by atoms with Gasteiger partial charge in [0.05, 0.1) is 28.8 Å². The fraction of sp³-hybridized carbons (Fsp3) is 0.429. The number of rotatable bonds is 6. The minimum Gasteiger partial charge on any atom is -0.457 e. The van der Waals surface area contributed by atoms with Crippen molar-refractivity contribution in [2.45, 2.75) is 39.8 Å². The van der Waals surface area contributed by atoms with E-state index in [1.807, 2.05) is 18.5 Å². The highest BCUT2D eigenvalue weighted by molar-refractivity contribution is 9.10. The Hall–Kier alpha value is -1.40. The first-order chi connectivity index (χ1) is 9.60. The van der Waals surface area contributed by atoms with Gasteiger partial charge in [-0.1, -0.05) is 6.92 Å². The lowest BCUT2D eigenvalue weighted by atomic mass is 10.1. The Morgan fingerprint density at radius 1 is 1.45 bits per heavy atom. The molecule has 2 aromatic heterocycles. The van der Waals surface area contributed by atoms with Gasteiger partial charge in [0, 0.05) is 6.54 Å². The van der Waals surface area contributed by atoms with Crippen LogP contribution in [0.15, 0.2) is 21.0 Å². The predicted molar refractivity (Wildman–Crippen MR) is 79.6 cm³/mol. The van der Waals surface area contributed by atoms with Crippen LogP contribution in [-0.4, -0.2) is 15.6 Å². The van der Waals surface area contributed by atoms with Gasteiger partial charge in [-0.2, -0.15) is 5.10 Å². The zero-order chi connectivity index (χ0) is 14.7. The Bertz CT molecular complexity index is 616. The molecule has 0 aromatic carbocycles. The molecule has 0 bridgehead atoms. The molecule has 108 valence electrons.